The molecule has 0 saturated heterocycles. The van der Waals surface area contributed by atoms with Crippen LogP contribution in [0.25, 0.3) is 22.2 Å². The number of carbonyl (C=O) groups excluding carboxylic acids is 2. The molecule has 1 fully saturated rings. The van der Waals surface area contributed by atoms with Crippen molar-refractivity contribution in [2.75, 3.05) is 20.3 Å². The van der Waals surface area contributed by atoms with E-state index < -0.39 is 35.6 Å². The molecule has 5 aromatic rings. The SMILES string of the molecule is CCOc1c(CC(N)=O)cc([C@@](O)(CNC(=O)c2cc(OC)c3nn(C4(F)CC4)cc3c2)c2cccc(F)c2)nc1-c1cccc(Cl)c1Cl. The van der Waals surface area contributed by atoms with Crippen molar-refractivity contribution in [1.29, 1.82) is 0 Å². The van der Waals surface area contributed by atoms with Gasteiger partial charge in [-0.3, -0.25) is 9.59 Å². The number of fused-ring (bicyclic) bond motifs is 1. The van der Waals surface area contributed by atoms with Crippen molar-refractivity contribution in [2.45, 2.75) is 37.6 Å². The lowest BCUT2D eigenvalue weighted by Crippen LogP contribution is -2.42. The van der Waals surface area contributed by atoms with Gasteiger partial charge in [-0.1, -0.05) is 47.5 Å². The minimum atomic E-state index is -2.18. The Bertz CT molecular complexity index is 2100. The Morgan fingerprint density at radius 2 is 1.90 bits per heavy atom. The Labute approximate surface area is 289 Å². The molecule has 10 nitrogen and oxygen atoms in total. The maximum Gasteiger partial charge on any atom is 0.251 e. The number of methoxy groups -OCH3 is 1. The van der Waals surface area contributed by atoms with Crippen molar-refractivity contribution in [1.82, 2.24) is 20.1 Å². The van der Waals surface area contributed by atoms with Crippen LogP contribution in [-0.2, 0) is 22.6 Å². The normalized spacial score (nSPS) is 14.7. The minimum Gasteiger partial charge on any atom is -0.494 e. The van der Waals surface area contributed by atoms with Crippen LogP contribution in [0.1, 0.15) is 46.9 Å². The number of pyridine rings is 1. The Morgan fingerprint density at radius 1 is 1.14 bits per heavy atom. The quantitative estimate of drug-likeness (QED) is 0.143. The van der Waals surface area contributed by atoms with E-state index in [4.69, 9.17) is 43.4 Å². The van der Waals surface area contributed by atoms with E-state index in [1.54, 1.807) is 25.1 Å². The standard InChI is InChI=1S/C35H31Cl2F2N5O5/c1-3-49-32-19(15-28(40)45)14-27(42-31(32)24-8-5-9-25(36)29(24)37)35(47,22-6-4-7-23(38)16-22)18-41-33(46)20-12-21-17-44(34(39)10-11-34)43-30(21)26(13-20)48-2/h4-9,12-14,16-17,47H,3,10-11,15,18H2,1-2H3,(H2,40,45)(H,41,46)/t35-/m1/s1. The van der Waals surface area contributed by atoms with Gasteiger partial charge < -0.3 is 25.6 Å². The molecule has 3 aromatic carbocycles. The molecule has 1 aliphatic rings. The number of aromatic nitrogens is 3. The van der Waals surface area contributed by atoms with E-state index in [1.165, 1.54) is 54.4 Å². The molecular weight excluding hydrogens is 679 g/mol. The number of aliphatic hydroxyl groups is 1. The van der Waals surface area contributed by atoms with Crippen LogP contribution in [0.15, 0.2) is 66.9 Å². The molecule has 6 rings (SSSR count). The third kappa shape index (κ3) is 6.63. The predicted molar refractivity (Wildman–Crippen MR) is 180 cm³/mol. The number of rotatable bonds is 12. The zero-order chi connectivity index (χ0) is 35.1. The molecule has 0 bridgehead atoms. The second-order valence-electron chi connectivity index (χ2n) is 11.7. The molecular formula is C35H31Cl2F2N5O5. The number of primary amides is 1. The summed E-state index contributed by atoms with van der Waals surface area (Å²) in [6.07, 6.45) is 1.87. The highest BCUT2D eigenvalue weighted by Gasteiger charge is 2.46. The highest BCUT2D eigenvalue weighted by Crippen LogP contribution is 2.46. The van der Waals surface area contributed by atoms with Crippen LogP contribution >= 0.6 is 23.2 Å². The van der Waals surface area contributed by atoms with Gasteiger partial charge in [-0.25, -0.2) is 18.4 Å². The van der Waals surface area contributed by atoms with E-state index in [1.807, 2.05) is 0 Å². The summed E-state index contributed by atoms with van der Waals surface area (Å²) in [5.74, 6) is -3.12. The van der Waals surface area contributed by atoms with E-state index in [0.717, 1.165) is 6.07 Å². The number of hydrogen-bond acceptors (Lipinski definition) is 7. The average molecular weight is 711 g/mol. The van der Waals surface area contributed by atoms with Crippen molar-refractivity contribution in [2.24, 2.45) is 5.73 Å². The van der Waals surface area contributed by atoms with Gasteiger partial charge in [-0.2, -0.15) is 5.10 Å². The monoisotopic (exact) mass is 709 g/mol. The highest BCUT2D eigenvalue weighted by molar-refractivity contribution is 6.43. The molecule has 0 aliphatic heterocycles. The van der Waals surface area contributed by atoms with Gasteiger partial charge in [0, 0.05) is 41.1 Å². The molecule has 1 aliphatic carbocycles. The lowest BCUT2D eigenvalue weighted by Gasteiger charge is -2.30. The molecule has 49 heavy (non-hydrogen) atoms. The first-order valence-corrected chi connectivity index (χ1v) is 16.1. The van der Waals surface area contributed by atoms with Crippen LogP contribution in [0.2, 0.25) is 10.0 Å². The van der Waals surface area contributed by atoms with Crippen LogP contribution in [0.4, 0.5) is 8.78 Å². The number of carbonyl (C=O) groups is 2. The van der Waals surface area contributed by atoms with E-state index in [-0.39, 0.29) is 62.7 Å². The van der Waals surface area contributed by atoms with E-state index in [2.05, 4.69) is 10.4 Å². The summed E-state index contributed by atoms with van der Waals surface area (Å²) in [4.78, 5) is 30.7. The fraction of sp³-hybridized carbons (Fsp3) is 0.257. The summed E-state index contributed by atoms with van der Waals surface area (Å²) in [5, 5.41) is 20.4. The van der Waals surface area contributed by atoms with Gasteiger partial charge >= 0.3 is 0 Å². The van der Waals surface area contributed by atoms with Gasteiger partial charge in [0.05, 0.1) is 42.4 Å². The number of nitrogens with zero attached hydrogens (tertiary/aromatic N) is 3. The predicted octanol–water partition coefficient (Wildman–Crippen LogP) is 6.06. The maximum atomic E-state index is 14.8. The smallest absolute Gasteiger partial charge is 0.251 e. The molecule has 254 valence electrons. The summed E-state index contributed by atoms with van der Waals surface area (Å²) in [5.41, 5.74) is 4.65. The highest BCUT2D eigenvalue weighted by atomic mass is 35.5. The van der Waals surface area contributed by atoms with Crippen molar-refractivity contribution in [3.63, 3.8) is 0 Å². The van der Waals surface area contributed by atoms with Crippen LogP contribution in [0.5, 0.6) is 11.5 Å². The van der Waals surface area contributed by atoms with Gasteiger partial charge in [0.1, 0.15) is 34.1 Å². The van der Waals surface area contributed by atoms with Crippen molar-refractivity contribution in [3.8, 4) is 22.8 Å². The maximum absolute atomic E-state index is 14.8. The topological polar surface area (TPSA) is 142 Å². The number of nitrogens with one attached hydrogen (secondary N) is 1. The number of halogens is 4. The van der Waals surface area contributed by atoms with Gasteiger partial charge in [0.25, 0.3) is 5.91 Å². The Hall–Kier alpha value is -4.78. The van der Waals surface area contributed by atoms with Crippen LogP contribution in [0.3, 0.4) is 0 Å². The first-order chi connectivity index (χ1) is 23.4. The first kappa shape index (κ1) is 34.1. The zero-order valence-corrected chi connectivity index (χ0v) is 27.9. The van der Waals surface area contributed by atoms with Gasteiger partial charge in [0.2, 0.25) is 11.7 Å². The molecule has 2 aromatic heterocycles. The fourth-order valence-corrected chi connectivity index (χ4v) is 6.01. The van der Waals surface area contributed by atoms with Crippen LogP contribution in [-0.4, -0.2) is 51.9 Å². The van der Waals surface area contributed by atoms with Crippen LogP contribution in [0, 0.1) is 5.82 Å². The molecule has 1 atom stereocenters. The largest absolute Gasteiger partial charge is 0.494 e. The molecule has 1 saturated carbocycles. The molecule has 14 heteroatoms. The summed E-state index contributed by atoms with van der Waals surface area (Å²) in [7, 11) is 1.41. The lowest BCUT2D eigenvalue weighted by atomic mass is 9.87. The summed E-state index contributed by atoms with van der Waals surface area (Å²) < 4.78 is 42.1. The molecule has 2 amide bonds. The molecule has 2 heterocycles. The van der Waals surface area contributed by atoms with E-state index in [0.29, 0.717) is 29.3 Å². The van der Waals surface area contributed by atoms with Gasteiger partial charge in [-0.15, -0.1) is 0 Å². The molecule has 0 radical (unpaired) electrons. The van der Waals surface area contributed by atoms with Gasteiger partial charge in [-0.05, 0) is 48.9 Å². The molecule has 0 unspecified atom stereocenters. The summed E-state index contributed by atoms with van der Waals surface area (Å²) in [6.45, 7) is 1.41. The third-order valence-electron chi connectivity index (χ3n) is 8.27. The summed E-state index contributed by atoms with van der Waals surface area (Å²) in [6, 6.07) is 14.5. The molecule has 4 N–H and O–H groups in total. The number of benzene rings is 3. The van der Waals surface area contributed by atoms with Crippen molar-refractivity contribution < 1.29 is 33.0 Å². The van der Waals surface area contributed by atoms with Gasteiger partial charge in [0.15, 0.2) is 0 Å². The second-order valence-corrected chi connectivity index (χ2v) is 12.5. The fourth-order valence-electron chi connectivity index (χ4n) is 5.62. The number of alkyl halides is 1. The van der Waals surface area contributed by atoms with Crippen molar-refractivity contribution >= 4 is 45.9 Å². The lowest BCUT2D eigenvalue weighted by molar-refractivity contribution is -0.117. The third-order valence-corrected chi connectivity index (χ3v) is 9.09. The number of nitrogens with two attached hydrogens (primary N) is 1. The molecule has 0 spiro atoms. The number of amides is 2. The van der Waals surface area contributed by atoms with E-state index in [9.17, 15) is 23.5 Å². The Kier molecular flexibility index (Phi) is 9.23. The number of hydrogen-bond donors (Lipinski definition) is 3. The summed E-state index contributed by atoms with van der Waals surface area (Å²) >= 11 is 12.9. The first-order valence-electron chi connectivity index (χ1n) is 15.3. The minimum absolute atomic E-state index is 0.0459. The van der Waals surface area contributed by atoms with Crippen LogP contribution < -0.4 is 20.5 Å². The zero-order valence-electron chi connectivity index (χ0n) is 26.4. The Balaban J connectivity index is 1.46. The van der Waals surface area contributed by atoms with Crippen molar-refractivity contribution in [3.05, 3.63) is 105 Å². The number of ether oxygens (including phenoxy) is 2. The average Bonchev–Trinajstić information content (AvgIpc) is 3.67. The van der Waals surface area contributed by atoms with E-state index >= 15 is 0 Å². The Morgan fingerprint density at radius 3 is 2.57 bits per heavy atom. The second kappa shape index (κ2) is 13.3.